The van der Waals surface area contributed by atoms with Gasteiger partial charge in [-0.2, -0.15) is 0 Å². The summed E-state index contributed by atoms with van der Waals surface area (Å²) < 4.78 is 4.92. The molecule has 0 saturated carbocycles. The minimum atomic E-state index is -0.395. The molecule has 82 valence electrons. The van der Waals surface area contributed by atoms with Gasteiger partial charge in [0.2, 0.25) is 0 Å². The van der Waals surface area contributed by atoms with Gasteiger partial charge in [-0.05, 0) is 6.92 Å². The van der Waals surface area contributed by atoms with Gasteiger partial charge in [0.05, 0.1) is 12.4 Å². The predicted octanol–water partition coefficient (Wildman–Crippen LogP) is 0.373. The second kappa shape index (κ2) is 5.59. The maximum absolute atomic E-state index is 11.4. The first kappa shape index (κ1) is 11.8. The Balaban J connectivity index is 2.63. The van der Waals surface area contributed by atoms with Gasteiger partial charge in [0, 0.05) is 6.61 Å². The summed E-state index contributed by atoms with van der Waals surface area (Å²) in [5.41, 5.74) is 0. The maximum atomic E-state index is 11.4. The number of carbonyl (C=O) groups excluding carboxylic acids is 1. The van der Waals surface area contributed by atoms with E-state index in [1.165, 1.54) is 12.4 Å². The smallest absolute Gasteiger partial charge is 0.268 e. The monoisotopic (exact) mass is 230 g/mol. The van der Waals surface area contributed by atoms with Crippen molar-refractivity contribution in [2.45, 2.75) is 6.92 Å². The molecule has 15 heavy (non-hydrogen) atoms. The number of hydrogen-bond donors (Lipinski definition) is 1. The Morgan fingerprint density at radius 2 is 2.33 bits per heavy atom. The standard InChI is InChI=1S/C8H11ClN4O2/c1-2-15-5-8(14)13(10)7-4-11-6(9)3-12-7/h3-4H,2,5,10H2,1H3. The van der Waals surface area contributed by atoms with Gasteiger partial charge in [-0.25, -0.2) is 20.8 Å². The predicted molar refractivity (Wildman–Crippen MR) is 55.2 cm³/mol. The number of hydrazine groups is 1. The average Bonchev–Trinajstić information content (AvgIpc) is 2.26. The van der Waals surface area contributed by atoms with E-state index in [4.69, 9.17) is 22.2 Å². The molecule has 1 amide bonds. The van der Waals surface area contributed by atoms with E-state index in [1.54, 1.807) is 6.92 Å². The number of halogens is 1. The van der Waals surface area contributed by atoms with E-state index >= 15 is 0 Å². The Morgan fingerprint density at radius 3 is 2.87 bits per heavy atom. The van der Waals surface area contributed by atoms with Crippen LogP contribution in [-0.4, -0.2) is 29.1 Å². The number of carbonyl (C=O) groups is 1. The van der Waals surface area contributed by atoms with Gasteiger partial charge >= 0.3 is 0 Å². The van der Waals surface area contributed by atoms with Crippen molar-refractivity contribution in [3.05, 3.63) is 17.5 Å². The fourth-order valence-corrected chi connectivity index (χ4v) is 0.914. The summed E-state index contributed by atoms with van der Waals surface area (Å²) in [5.74, 6) is 5.32. The minimum Gasteiger partial charge on any atom is -0.372 e. The zero-order valence-corrected chi connectivity index (χ0v) is 8.94. The van der Waals surface area contributed by atoms with Crippen LogP contribution in [0.15, 0.2) is 12.4 Å². The van der Waals surface area contributed by atoms with Crippen molar-refractivity contribution in [1.82, 2.24) is 9.97 Å². The quantitative estimate of drug-likeness (QED) is 0.459. The lowest BCUT2D eigenvalue weighted by Gasteiger charge is -2.14. The SMILES string of the molecule is CCOCC(=O)N(N)c1cnc(Cl)cn1. The second-order valence-electron chi connectivity index (χ2n) is 2.60. The lowest BCUT2D eigenvalue weighted by atomic mass is 10.5. The van der Waals surface area contributed by atoms with E-state index in [2.05, 4.69) is 9.97 Å². The molecule has 0 spiro atoms. The van der Waals surface area contributed by atoms with Crippen LogP contribution in [-0.2, 0) is 9.53 Å². The van der Waals surface area contributed by atoms with Crippen LogP contribution in [0.3, 0.4) is 0 Å². The van der Waals surface area contributed by atoms with Crippen molar-refractivity contribution < 1.29 is 9.53 Å². The van der Waals surface area contributed by atoms with E-state index in [0.29, 0.717) is 6.61 Å². The molecule has 0 aliphatic carbocycles. The minimum absolute atomic E-state index is 0.0860. The van der Waals surface area contributed by atoms with E-state index in [9.17, 15) is 4.79 Å². The van der Waals surface area contributed by atoms with E-state index < -0.39 is 5.91 Å². The molecule has 7 heteroatoms. The highest BCUT2D eigenvalue weighted by atomic mass is 35.5. The van der Waals surface area contributed by atoms with Gasteiger partial charge in [-0.3, -0.25) is 4.79 Å². The summed E-state index contributed by atoms with van der Waals surface area (Å²) in [6, 6.07) is 0. The number of amides is 1. The molecule has 0 fully saturated rings. The van der Waals surface area contributed by atoms with Gasteiger partial charge in [0.25, 0.3) is 5.91 Å². The molecule has 0 radical (unpaired) electrons. The molecule has 1 heterocycles. The van der Waals surface area contributed by atoms with Crippen molar-refractivity contribution in [1.29, 1.82) is 0 Å². The van der Waals surface area contributed by atoms with E-state index in [0.717, 1.165) is 5.01 Å². The van der Waals surface area contributed by atoms with Gasteiger partial charge in [-0.15, -0.1) is 0 Å². The van der Waals surface area contributed by atoms with Crippen LogP contribution in [0.1, 0.15) is 6.92 Å². The highest BCUT2D eigenvalue weighted by Gasteiger charge is 2.12. The number of aromatic nitrogens is 2. The zero-order valence-electron chi connectivity index (χ0n) is 8.18. The molecule has 1 aromatic heterocycles. The van der Waals surface area contributed by atoms with Crippen molar-refractivity contribution in [3.63, 3.8) is 0 Å². The third-order valence-electron chi connectivity index (χ3n) is 1.55. The van der Waals surface area contributed by atoms with E-state index in [1.807, 2.05) is 0 Å². The van der Waals surface area contributed by atoms with Crippen LogP contribution >= 0.6 is 11.6 Å². The number of ether oxygens (including phenoxy) is 1. The second-order valence-corrected chi connectivity index (χ2v) is 2.99. The van der Waals surface area contributed by atoms with Crippen LogP contribution in [0.5, 0.6) is 0 Å². The summed E-state index contributed by atoms with van der Waals surface area (Å²) in [5, 5.41) is 1.11. The highest BCUT2D eigenvalue weighted by Crippen LogP contribution is 2.08. The molecule has 6 nitrogen and oxygen atoms in total. The van der Waals surface area contributed by atoms with Crippen LogP contribution in [0.4, 0.5) is 5.82 Å². The van der Waals surface area contributed by atoms with Crippen molar-refractivity contribution in [2.75, 3.05) is 18.2 Å². The number of nitrogens with zero attached hydrogens (tertiary/aromatic N) is 3. The first-order valence-corrected chi connectivity index (χ1v) is 4.66. The molecule has 2 N–H and O–H groups in total. The Hall–Kier alpha value is -1.24. The van der Waals surface area contributed by atoms with Crippen LogP contribution in [0.25, 0.3) is 0 Å². The molecule has 0 aromatic carbocycles. The average molecular weight is 231 g/mol. The molecule has 0 aliphatic heterocycles. The van der Waals surface area contributed by atoms with Gasteiger partial charge in [0.15, 0.2) is 5.82 Å². The Kier molecular flexibility index (Phi) is 4.41. The maximum Gasteiger partial charge on any atom is 0.268 e. The lowest BCUT2D eigenvalue weighted by molar-refractivity contribution is -0.123. The topological polar surface area (TPSA) is 81.3 Å². The van der Waals surface area contributed by atoms with Gasteiger partial charge in [0.1, 0.15) is 11.8 Å². The van der Waals surface area contributed by atoms with Gasteiger partial charge in [-0.1, -0.05) is 11.6 Å². The van der Waals surface area contributed by atoms with Crippen molar-refractivity contribution in [3.8, 4) is 0 Å². The molecular formula is C8H11ClN4O2. The highest BCUT2D eigenvalue weighted by molar-refractivity contribution is 6.29. The Morgan fingerprint density at radius 1 is 1.60 bits per heavy atom. The molecule has 0 bridgehead atoms. The largest absolute Gasteiger partial charge is 0.372 e. The number of nitrogens with two attached hydrogens (primary N) is 1. The molecule has 1 aromatic rings. The summed E-state index contributed by atoms with van der Waals surface area (Å²) in [6.45, 7) is 2.15. The fourth-order valence-electron chi connectivity index (χ4n) is 0.817. The summed E-state index contributed by atoms with van der Waals surface area (Å²) in [7, 11) is 0. The molecular weight excluding hydrogens is 220 g/mol. The van der Waals surface area contributed by atoms with Crippen LogP contribution in [0.2, 0.25) is 5.15 Å². The number of rotatable bonds is 4. The summed E-state index contributed by atoms with van der Waals surface area (Å²) >= 11 is 5.54. The molecule has 1 rings (SSSR count). The number of hydrogen-bond acceptors (Lipinski definition) is 5. The summed E-state index contributed by atoms with van der Waals surface area (Å²) in [6.07, 6.45) is 2.62. The van der Waals surface area contributed by atoms with Crippen LogP contribution < -0.4 is 10.9 Å². The Bertz CT molecular complexity index is 330. The fraction of sp³-hybridized carbons (Fsp3) is 0.375. The van der Waals surface area contributed by atoms with Gasteiger partial charge < -0.3 is 4.74 Å². The first-order valence-electron chi connectivity index (χ1n) is 4.28. The third-order valence-corrected chi connectivity index (χ3v) is 1.75. The normalized spacial score (nSPS) is 10.1. The van der Waals surface area contributed by atoms with E-state index in [-0.39, 0.29) is 17.6 Å². The third kappa shape index (κ3) is 3.43. The first-order chi connectivity index (χ1) is 7.15. The molecule has 0 unspecified atom stereocenters. The summed E-state index contributed by atoms with van der Waals surface area (Å²) in [4.78, 5) is 19.0. The van der Waals surface area contributed by atoms with Crippen molar-refractivity contribution >= 4 is 23.3 Å². The molecule has 0 saturated heterocycles. The Labute approximate surface area is 92.0 Å². The number of anilines is 1. The lowest BCUT2D eigenvalue weighted by Crippen LogP contribution is -2.40. The zero-order chi connectivity index (χ0) is 11.3. The van der Waals surface area contributed by atoms with Crippen LogP contribution in [0, 0.1) is 0 Å². The molecule has 0 aliphatic rings. The molecule has 0 atom stereocenters. The van der Waals surface area contributed by atoms with Crippen molar-refractivity contribution in [2.24, 2.45) is 5.84 Å².